The van der Waals surface area contributed by atoms with Crippen molar-refractivity contribution in [1.29, 1.82) is 0 Å². The summed E-state index contributed by atoms with van der Waals surface area (Å²) in [5, 5.41) is 6.25. The molecule has 31 heavy (non-hydrogen) atoms. The lowest BCUT2D eigenvalue weighted by Crippen LogP contribution is -2.37. The average molecular weight is 553 g/mol. The maximum atomic E-state index is 12.6. The van der Waals surface area contributed by atoms with Crippen LogP contribution in [0.3, 0.4) is 0 Å². The zero-order valence-corrected chi connectivity index (χ0v) is 20.1. The molecule has 0 heterocycles. The fourth-order valence-corrected chi connectivity index (χ4v) is 2.89. The highest BCUT2D eigenvalue weighted by atomic mass is 127. The summed E-state index contributed by atoms with van der Waals surface area (Å²) >= 11 is 0. The predicted octanol–water partition coefficient (Wildman–Crippen LogP) is 4.26. The van der Waals surface area contributed by atoms with Crippen LogP contribution in [0.2, 0.25) is 0 Å². The fraction of sp³-hybridized carbons (Fsp3) is 0.381. The second-order valence-corrected chi connectivity index (χ2v) is 6.29. The molecule has 0 saturated heterocycles. The zero-order chi connectivity index (χ0) is 22.1. The van der Waals surface area contributed by atoms with E-state index in [0.717, 1.165) is 17.7 Å². The van der Waals surface area contributed by atoms with Crippen molar-refractivity contribution >= 4 is 29.9 Å². The van der Waals surface area contributed by atoms with Crippen molar-refractivity contribution in [3.05, 3.63) is 53.1 Å². The van der Waals surface area contributed by atoms with E-state index >= 15 is 0 Å². The largest absolute Gasteiger partial charge is 0.493 e. The summed E-state index contributed by atoms with van der Waals surface area (Å²) in [5.41, 5.74) is 0.978. The van der Waals surface area contributed by atoms with Crippen LogP contribution in [0.5, 0.6) is 17.2 Å². The third-order valence-electron chi connectivity index (χ3n) is 4.44. The number of aliphatic imine (C=N–C) groups is 1. The van der Waals surface area contributed by atoms with E-state index in [-0.39, 0.29) is 24.0 Å². The zero-order valence-electron chi connectivity index (χ0n) is 17.8. The van der Waals surface area contributed by atoms with Gasteiger partial charge in [0.15, 0.2) is 17.5 Å². The number of hydrogen-bond acceptors (Lipinski definition) is 4. The van der Waals surface area contributed by atoms with E-state index in [1.807, 2.05) is 12.1 Å². The number of benzene rings is 2. The Morgan fingerprint density at radius 2 is 1.55 bits per heavy atom. The van der Waals surface area contributed by atoms with Gasteiger partial charge in [-0.3, -0.25) is 4.99 Å². The Bertz CT molecular complexity index is 859. The standard InChI is InChI=1S/C21H26F3N3O3.HI/c1-25-20(27-13-14-5-8-16(9-6-14)21(22,23)24)26-12-11-15-7-10-17(28-2)19(30-4)18(15)29-3;/h5-10H,11-13H2,1-4H3,(H2,25,26,27);1H. The Hall–Kier alpha value is -2.37. The Labute approximate surface area is 197 Å². The van der Waals surface area contributed by atoms with E-state index in [1.165, 1.54) is 12.1 Å². The van der Waals surface area contributed by atoms with E-state index in [0.29, 0.717) is 48.3 Å². The van der Waals surface area contributed by atoms with Gasteiger partial charge in [-0.05, 0) is 30.2 Å². The van der Waals surface area contributed by atoms with Crippen LogP contribution < -0.4 is 24.8 Å². The molecule has 6 nitrogen and oxygen atoms in total. The summed E-state index contributed by atoms with van der Waals surface area (Å²) in [6.45, 7) is 0.899. The summed E-state index contributed by atoms with van der Waals surface area (Å²) in [5.74, 6) is 2.25. The van der Waals surface area contributed by atoms with E-state index in [2.05, 4.69) is 15.6 Å². The maximum absolute atomic E-state index is 12.6. The lowest BCUT2D eigenvalue weighted by Gasteiger charge is -2.17. The van der Waals surface area contributed by atoms with Gasteiger partial charge >= 0.3 is 6.18 Å². The van der Waals surface area contributed by atoms with Crippen LogP contribution in [-0.2, 0) is 19.1 Å². The normalized spacial score (nSPS) is 11.4. The molecule has 2 N–H and O–H groups in total. The molecule has 2 aromatic carbocycles. The highest BCUT2D eigenvalue weighted by Gasteiger charge is 2.29. The maximum Gasteiger partial charge on any atom is 0.416 e. The molecule has 0 aliphatic rings. The highest BCUT2D eigenvalue weighted by Crippen LogP contribution is 2.39. The molecule has 0 atom stereocenters. The Balaban J connectivity index is 0.00000480. The number of ether oxygens (including phenoxy) is 3. The van der Waals surface area contributed by atoms with E-state index in [1.54, 1.807) is 28.4 Å². The van der Waals surface area contributed by atoms with Crippen LogP contribution in [-0.4, -0.2) is 40.9 Å². The topological polar surface area (TPSA) is 64.1 Å². The minimum Gasteiger partial charge on any atom is -0.493 e. The van der Waals surface area contributed by atoms with Gasteiger partial charge in [-0.2, -0.15) is 13.2 Å². The Kier molecular flexibility index (Phi) is 10.7. The lowest BCUT2D eigenvalue weighted by molar-refractivity contribution is -0.137. The summed E-state index contributed by atoms with van der Waals surface area (Å²) in [4.78, 5) is 4.13. The number of guanidine groups is 1. The molecule has 172 valence electrons. The van der Waals surface area contributed by atoms with Crippen molar-refractivity contribution in [2.45, 2.75) is 19.1 Å². The van der Waals surface area contributed by atoms with Crippen molar-refractivity contribution in [3.63, 3.8) is 0 Å². The first-order chi connectivity index (χ1) is 14.3. The monoisotopic (exact) mass is 553 g/mol. The number of rotatable bonds is 8. The van der Waals surface area contributed by atoms with Crippen LogP contribution in [0.15, 0.2) is 41.4 Å². The predicted molar refractivity (Wildman–Crippen MR) is 125 cm³/mol. The van der Waals surface area contributed by atoms with Gasteiger partial charge in [-0.25, -0.2) is 0 Å². The minimum absolute atomic E-state index is 0. The molecule has 0 unspecified atom stereocenters. The van der Waals surface area contributed by atoms with Gasteiger partial charge in [0.25, 0.3) is 0 Å². The van der Waals surface area contributed by atoms with Crippen molar-refractivity contribution in [2.24, 2.45) is 4.99 Å². The van der Waals surface area contributed by atoms with Crippen molar-refractivity contribution < 1.29 is 27.4 Å². The second kappa shape index (κ2) is 12.5. The molecule has 0 aliphatic heterocycles. The fourth-order valence-electron chi connectivity index (χ4n) is 2.89. The third-order valence-corrected chi connectivity index (χ3v) is 4.44. The highest BCUT2D eigenvalue weighted by molar-refractivity contribution is 14.0. The molecule has 0 spiro atoms. The summed E-state index contributed by atoms with van der Waals surface area (Å²) in [6.07, 6.45) is -3.71. The molecular formula is C21H27F3IN3O3. The van der Waals surface area contributed by atoms with Gasteiger partial charge in [0, 0.05) is 25.7 Å². The van der Waals surface area contributed by atoms with Crippen LogP contribution in [0, 0.1) is 0 Å². The van der Waals surface area contributed by atoms with Crippen molar-refractivity contribution in [2.75, 3.05) is 34.9 Å². The van der Waals surface area contributed by atoms with Gasteiger partial charge in [0.1, 0.15) is 0 Å². The lowest BCUT2D eigenvalue weighted by atomic mass is 10.1. The molecule has 0 aliphatic carbocycles. The molecule has 0 radical (unpaired) electrons. The first kappa shape index (κ1) is 26.7. The third kappa shape index (κ3) is 7.37. The average Bonchev–Trinajstić information content (AvgIpc) is 2.74. The van der Waals surface area contributed by atoms with Crippen LogP contribution in [0.1, 0.15) is 16.7 Å². The van der Waals surface area contributed by atoms with Gasteiger partial charge in [-0.15, -0.1) is 24.0 Å². The quantitative estimate of drug-likeness (QED) is 0.291. The van der Waals surface area contributed by atoms with E-state index in [9.17, 15) is 13.2 Å². The van der Waals surface area contributed by atoms with Gasteiger partial charge in [-0.1, -0.05) is 18.2 Å². The van der Waals surface area contributed by atoms with Gasteiger partial charge in [0.05, 0.1) is 26.9 Å². The van der Waals surface area contributed by atoms with Gasteiger partial charge < -0.3 is 24.8 Å². The van der Waals surface area contributed by atoms with E-state index < -0.39 is 11.7 Å². The Morgan fingerprint density at radius 1 is 0.903 bits per heavy atom. The Morgan fingerprint density at radius 3 is 2.06 bits per heavy atom. The smallest absolute Gasteiger partial charge is 0.416 e. The number of alkyl halides is 3. The molecule has 0 aromatic heterocycles. The first-order valence-corrected chi connectivity index (χ1v) is 9.22. The minimum atomic E-state index is -4.34. The molecule has 0 saturated carbocycles. The van der Waals surface area contributed by atoms with Crippen LogP contribution >= 0.6 is 24.0 Å². The molecular weight excluding hydrogens is 526 g/mol. The SMILES string of the molecule is CN=C(NCCc1ccc(OC)c(OC)c1OC)NCc1ccc(C(F)(F)F)cc1.I. The molecule has 2 aromatic rings. The number of hydrogen-bond donors (Lipinski definition) is 2. The number of nitrogens with one attached hydrogen (secondary N) is 2. The number of nitrogens with zero attached hydrogens (tertiary/aromatic N) is 1. The van der Waals surface area contributed by atoms with Gasteiger partial charge in [0.2, 0.25) is 5.75 Å². The summed E-state index contributed by atoms with van der Waals surface area (Å²) in [7, 11) is 6.30. The molecule has 0 bridgehead atoms. The van der Waals surface area contributed by atoms with Crippen molar-refractivity contribution in [3.8, 4) is 17.2 Å². The molecule has 2 rings (SSSR count). The number of halogens is 4. The first-order valence-electron chi connectivity index (χ1n) is 9.22. The summed E-state index contributed by atoms with van der Waals surface area (Å²) < 4.78 is 54.1. The van der Waals surface area contributed by atoms with Crippen LogP contribution in [0.4, 0.5) is 13.2 Å². The van der Waals surface area contributed by atoms with E-state index in [4.69, 9.17) is 14.2 Å². The second-order valence-electron chi connectivity index (χ2n) is 6.29. The number of methoxy groups -OCH3 is 3. The summed E-state index contributed by atoms with van der Waals surface area (Å²) in [6, 6.07) is 8.73. The molecule has 10 heteroatoms. The van der Waals surface area contributed by atoms with Crippen molar-refractivity contribution in [1.82, 2.24) is 10.6 Å². The molecule has 0 fully saturated rings. The molecule has 0 amide bonds. The van der Waals surface area contributed by atoms with Crippen LogP contribution in [0.25, 0.3) is 0 Å².